The highest BCUT2D eigenvalue weighted by Gasteiger charge is 2.14. The number of aromatic nitrogens is 1. The predicted octanol–water partition coefficient (Wildman–Crippen LogP) is 2.16. The summed E-state index contributed by atoms with van der Waals surface area (Å²) in [5.74, 6) is 0.261. The van der Waals surface area contributed by atoms with Crippen molar-refractivity contribution in [3.05, 3.63) is 40.6 Å². The normalized spacial score (nSPS) is 10.5. The molecular formula is C9H9ClN2O3. The van der Waals surface area contributed by atoms with Crippen molar-refractivity contribution in [3.63, 3.8) is 0 Å². The summed E-state index contributed by atoms with van der Waals surface area (Å²) in [6, 6.07) is 3.08. The Morgan fingerprint density at radius 2 is 2.40 bits per heavy atom. The predicted molar refractivity (Wildman–Crippen MR) is 56.2 cm³/mol. The Labute approximate surface area is 91.5 Å². The van der Waals surface area contributed by atoms with Crippen LogP contribution in [-0.4, -0.2) is 22.4 Å². The molecule has 80 valence electrons. The molecule has 0 radical (unpaired) electrons. The van der Waals surface area contributed by atoms with Gasteiger partial charge in [0.15, 0.2) is 0 Å². The smallest absolute Gasteiger partial charge is 0.406 e. The topological polar surface area (TPSA) is 65.3 Å². The number of rotatable bonds is 5. The van der Waals surface area contributed by atoms with Gasteiger partial charge in [-0.2, -0.15) is 0 Å². The van der Waals surface area contributed by atoms with Crippen LogP contribution in [0, 0.1) is 10.1 Å². The van der Waals surface area contributed by atoms with Crippen LogP contribution in [0.1, 0.15) is 0 Å². The van der Waals surface area contributed by atoms with Crippen molar-refractivity contribution in [2.24, 2.45) is 0 Å². The van der Waals surface area contributed by atoms with Gasteiger partial charge in [0, 0.05) is 5.88 Å². The lowest BCUT2D eigenvalue weighted by Gasteiger charge is -2.02. The van der Waals surface area contributed by atoms with Gasteiger partial charge in [-0.3, -0.25) is 0 Å². The van der Waals surface area contributed by atoms with Crippen molar-refractivity contribution >= 4 is 17.4 Å². The van der Waals surface area contributed by atoms with Gasteiger partial charge in [0.1, 0.15) is 12.8 Å². The quantitative estimate of drug-likeness (QED) is 0.335. The highest BCUT2D eigenvalue weighted by Crippen LogP contribution is 2.22. The molecule has 0 unspecified atom stereocenters. The summed E-state index contributed by atoms with van der Waals surface area (Å²) in [4.78, 5) is 13.6. The number of hydrogen-bond acceptors (Lipinski definition) is 4. The minimum Gasteiger partial charge on any atom is -0.481 e. The summed E-state index contributed by atoms with van der Waals surface area (Å²) in [6.45, 7) is 0.235. The van der Waals surface area contributed by atoms with E-state index in [1.165, 1.54) is 12.3 Å². The van der Waals surface area contributed by atoms with E-state index in [4.69, 9.17) is 16.3 Å². The molecule has 0 amide bonds. The van der Waals surface area contributed by atoms with E-state index in [1.807, 2.05) is 0 Å². The molecule has 0 aromatic carbocycles. The standard InChI is InChI=1S/C9H9ClN2O3/c10-5-1-2-7-15-8-4-3-6-11-9(8)12(13)14/h1-4,6H,5,7H2. The molecule has 0 N–H and O–H groups in total. The van der Waals surface area contributed by atoms with Crippen molar-refractivity contribution in [1.29, 1.82) is 0 Å². The van der Waals surface area contributed by atoms with E-state index < -0.39 is 4.92 Å². The maximum atomic E-state index is 10.5. The molecule has 0 aliphatic heterocycles. The van der Waals surface area contributed by atoms with Gasteiger partial charge >= 0.3 is 5.82 Å². The van der Waals surface area contributed by atoms with Crippen LogP contribution in [0.5, 0.6) is 5.75 Å². The third-order valence-corrected chi connectivity index (χ3v) is 1.69. The van der Waals surface area contributed by atoms with E-state index in [9.17, 15) is 10.1 Å². The van der Waals surface area contributed by atoms with Gasteiger partial charge in [-0.1, -0.05) is 12.2 Å². The van der Waals surface area contributed by atoms with Gasteiger partial charge in [0.05, 0.1) is 0 Å². The molecule has 6 heteroatoms. The van der Waals surface area contributed by atoms with E-state index in [-0.39, 0.29) is 18.2 Å². The molecule has 0 spiro atoms. The maximum absolute atomic E-state index is 10.5. The van der Waals surface area contributed by atoms with E-state index in [1.54, 1.807) is 18.2 Å². The third-order valence-electron chi connectivity index (χ3n) is 1.51. The lowest BCUT2D eigenvalue weighted by atomic mass is 10.4. The third kappa shape index (κ3) is 3.55. The van der Waals surface area contributed by atoms with Gasteiger partial charge in [-0.25, -0.2) is 0 Å². The Morgan fingerprint density at radius 3 is 3.07 bits per heavy atom. The molecule has 0 fully saturated rings. The monoisotopic (exact) mass is 228 g/mol. The average Bonchev–Trinajstić information content (AvgIpc) is 2.25. The second-order valence-corrected chi connectivity index (χ2v) is 2.83. The summed E-state index contributed by atoms with van der Waals surface area (Å²) >= 11 is 5.40. The van der Waals surface area contributed by atoms with Crippen LogP contribution in [0.2, 0.25) is 0 Å². The first kappa shape index (κ1) is 11.5. The highest BCUT2D eigenvalue weighted by atomic mass is 35.5. The molecule has 5 nitrogen and oxygen atoms in total. The fourth-order valence-electron chi connectivity index (χ4n) is 0.901. The van der Waals surface area contributed by atoms with E-state index in [0.29, 0.717) is 5.88 Å². The minimum atomic E-state index is -0.583. The summed E-state index contributed by atoms with van der Waals surface area (Å²) in [7, 11) is 0. The SMILES string of the molecule is O=[N+]([O-])c1ncccc1OCC=CCCl. The van der Waals surface area contributed by atoms with E-state index in [0.717, 1.165) is 0 Å². The fourth-order valence-corrected chi connectivity index (χ4v) is 1.03. The molecule has 1 rings (SSSR count). The molecule has 0 atom stereocenters. The van der Waals surface area contributed by atoms with Crippen molar-refractivity contribution in [1.82, 2.24) is 4.98 Å². The molecule has 0 aliphatic carbocycles. The van der Waals surface area contributed by atoms with E-state index in [2.05, 4.69) is 4.98 Å². The number of allylic oxidation sites excluding steroid dienone is 1. The number of nitro groups is 1. The number of ether oxygens (including phenoxy) is 1. The maximum Gasteiger partial charge on any atom is 0.406 e. The number of nitrogens with zero attached hydrogens (tertiary/aromatic N) is 2. The van der Waals surface area contributed by atoms with Gasteiger partial charge in [-0.05, 0) is 22.0 Å². The summed E-state index contributed by atoms with van der Waals surface area (Å²) < 4.78 is 5.15. The first-order valence-corrected chi connectivity index (χ1v) is 4.72. The van der Waals surface area contributed by atoms with Crippen LogP contribution < -0.4 is 4.74 Å². The Balaban J connectivity index is 2.67. The summed E-state index contributed by atoms with van der Waals surface area (Å²) in [6.07, 6.45) is 4.73. The van der Waals surface area contributed by atoms with Gasteiger partial charge in [-0.15, -0.1) is 11.6 Å². The van der Waals surface area contributed by atoms with Gasteiger partial charge in [0.2, 0.25) is 5.75 Å². The number of hydrogen-bond donors (Lipinski definition) is 0. The molecular weight excluding hydrogens is 220 g/mol. The molecule has 0 saturated heterocycles. The first-order chi connectivity index (χ1) is 7.25. The molecule has 1 heterocycles. The van der Waals surface area contributed by atoms with Crippen molar-refractivity contribution < 1.29 is 9.66 Å². The van der Waals surface area contributed by atoms with Crippen LogP contribution in [0.15, 0.2) is 30.5 Å². The Morgan fingerprint density at radius 1 is 1.60 bits per heavy atom. The molecule has 1 aromatic rings. The minimum absolute atomic E-state index is 0.154. The average molecular weight is 229 g/mol. The van der Waals surface area contributed by atoms with Crippen LogP contribution >= 0.6 is 11.6 Å². The van der Waals surface area contributed by atoms with Crippen LogP contribution in [0.25, 0.3) is 0 Å². The highest BCUT2D eigenvalue weighted by molar-refractivity contribution is 6.18. The fraction of sp³-hybridized carbons (Fsp3) is 0.222. The van der Waals surface area contributed by atoms with Crippen LogP contribution in [-0.2, 0) is 0 Å². The van der Waals surface area contributed by atoms with Crippen molar-refractivity contribution in [3.8, 4) is 5.75 Å². The largest absolute Gasteiger partial charge is 0.481 e. The molecule has 1 aromatic heterocycles. The zero-order valence-electron chi connectivity index (χ0n) is 7.80. The second kappa shape index (κ2) is 5.98. The van der Waals surface area contributed by atoms with Gasteiger partial charge in [0.25, 0.3) is 0 Å². The number of alkyl halides is 1. The number of halogens is 1. The second-order valence-electron chi connectivity index (χ2n) is 2.52. The molecule has 0 bridgehead atoms. The zero-order valence-corrected chi connectivity index (χ0v) is 8.55. The Bertz CT molecular complexity index is 368. The van der Waals surface area contributed by atoms with Gasteiger partial charge < -0.3 is 14.9 Å². The molecule has 0 aliphatic rings. The lowest BCUT2D eigenvalue weighted by molar-refractivity contribution is -0.390. The molecule has 15 heavy (non-hydrogen) atoms. The Kier molecular flexibility index (Phi) is 4.56. The Hall–Kier alpha value is -1.62. The van der Waals surface area contributed by atoms with Crippen molar-refractivity contribution in [2.75, 3.05) is 12.5 Å². The van der Waals surface area contributed by atoms with Crippen LogP contribution in [0.3, 0.4) is 0 Å². The number of pyridine rings is 1. The summed E-state index contributed by atoms with van der Waals surface area (Å²) in [5.41, 5.74) is 0. The molecule has 0 saturated carbocycles. The lowest BCUT2D eigenvalue weighted by Crippen LogP contribution is -1.99. The first-order valence-electron chi connectivity index (χ1n) is 4.19. The van der Waals surface area contributed by atoms with E-state index >= 15 is 0 Å². The zero-order chi connectivity index (χ0) is 11.1. The van der Waals surface area contributed by atoms with Crippen LogP contribution in [0.4, 0.5) is 5.82 Å². The van der Waals surface area contributed by atoms with Crippen molar-refractivity contribution in [2.45, 2.75) is 0 Å². The summed E-state index contributed by atoms with van der Waals surface area (Å²) in [5, 5.41) is 10.5.